The molecule has 0 saturated heterocycles. The Labute approximate surface area is 429 Å². The fourth-order valence-corrected chi connectivity index (χ4v) is 12.7. The largest absolute Gasteiger partial charge is 0.455 e. The zero-order chi connectivity index (χ0) is 49.3. The van der Waals surface area contributed by atoms with Crippen LogP contribution in [0.2, 0.25) is 0 Å². The summed E-state index contributed by atoms with van der Waals surface area (Å²) in [4.78, 5) is 5.23. The summed E-state index contributed by atoms with van der Waals surface area (Å²) in [6.45, 7) is 14.1. The van der Waals surface area contributed by atoms with E-state index in [1.807, 2.05) is 0 Å². The van der Waals surface area contributed by atoms with Gasteiger partial charge < -0.3 is 18.6 Å². The molecule has 9 aromatic carbocycles. The van der Waals surface area contributed by atoms with Gasteiger partial charge >= 0.3 is 0 Å². The average molecular weight is 947 g/mol. The highest BCUT2D eigenvalue weighted by Crippen LogP contribution is 2.49. The molecule has 4 heterocycles. The molecule has 4 nitrogen and oxygen atoms in total. The first-order valence-corrected chi connectivity index (χ1v) is 26.5. The summed E-state index contributed by atoms with van der Waals surface area (Å²) in [5.74, 6) is 0.486. The van der Waals surface area contributed by atoms with Crippen LogP contribution in [0.25, 0.3) is 66.1 Å². The van der Waals surface area contributed by atoms with E-state index in [0.29, 0.717) is 5.92 Å². The molecular weight excluding hydrogens is 888 g/mol. The summed E-state index contributed by atoms with van der Waals surface area (Å²) in [7, 11) is 0. The van der Waals surface area contributed by atoms with Crippen molar-refractivity contribution in [1.82, 2.24) is 0 Å². The Morgan fingerprint density at radius 1 is 0.425 bits per heavy atom. The molecule has 3 aliphatic rings. The molecule has 356 valence electrons. The molecule has 0 N–H and O–H groups in total. The maximum Gasteiger partial charge on any atom is 0.252 e. The highest BCUT2D eigenvalue weighted by Gasteiger charge is 2.44. The van der Waals surface area contributed by atoms with Gasteiger partial charge in [0.05, 0.1) is 0 Å². The number of nitrogens with zero attached hydrogens (tertiary/aromatic N) is 2. The van der Waals surface area contributed by atoms with E-state index in [4.69, 9.17) is 8.83 Å². The predicted octanol–water partition coefficient (Wildman–Crippen LogP) is 17.5. The summed E-state index contributed by atoms with van der Waals surface area (Å²) < 4.78 is 13.2. The third-order valence-corrected chi connectivity index (χ3v) is 16.6. The van der Waals surface area contributed by atoms with Crippen molar-refractivity contribution in [3.05, 3.63) is 199 Å². The van der Waals surface area contributed by atoms with E-state index in [9.17, 15) is 0 Å². The third kappa shape index (κ3) is 7.02. The molecule has 5 heteroatoms. The first-order chi connectivity index (χ1) is 35.5. The SMILES string of the molecule is CC(C)(C)c1ccc2c(c1)N(c1ccc(-c3cccc4c3oc3ccccc34)cc1)c1cc(C3CCCCC3)cc3c1B2c1ccc(C(C)(C)C)cc1N3c1ccc(-c2cccc3c2oc2ccccc23)cc1. The summed E-state index contributed by atoms with van der Waals surface area (Å²) >= 11 is 0. The molecule has 73 heavy (non-hydrogen) atoms. The lowest BCUT2D eigenvalue weighted by Gasteiger charge is -2.45. The maximum absolute atomic E-state index is 6.58. The number of hydrogen-bond acceptors (Lipinski definition) is 4. The van der Waals surface area contributed by atoms with Crippen LogP contribution in [0.3, 0.4) is 0 Å². The molecule has 1 aliphatic carbocycles. The minimum atomic E-state index is -0.0455. The Balaban J connectivity index is 0.989. The first kappa shape index (κ1) is 44.0. The van der Waals surface area contributed by atoms with Crippen LogP contribution < -0.4 is 26.2 Å². The van der Waals surface area contributed by atoms with Crippen molar-refractivity contribution in [2.45, 2.75) is 90.4 Å². The number of anilines is 6. The molecule has 11 aromatic rings. The van der Waals surface area contributed by atoms with Gasteiger partial charge in [-0.2, -0.15) is 0 Å². The quantitative estimate of drug-likeness (QED) is 0.161. The Bertz CT molecular complexity index is 3740. The van der Waals surface area contributed by atoms with Gasteiger partial charge in [0, 0.05) is 66.8 Å². The van der Waals surface area contributed by atoms with Gasteiger partial charge in [-0.1, -0.05) is 182 Å². The highest BCUT2D eigenvalue weighted by atomic mass is 16.3. The van der Waals surface area contributed by atoms with Crippen LogP contribution in [0.15, 0.2) is 191 Å². The second-order valence-corrected chi connectivity index (χ2v) is 23.1. The number of fused-ring (bicyclic) bond motifs is 10. The fraction of sp³-hybridized carbons (Fsp3) is 0.206. The molecule has 2 aromatic heterocycles. The van der Waals surface area contributed by atoms with E-state index < -0.39 is 0 Å². The Kier molecular flexibility index (Phi) is 9.87. The van der Waals surface area contributed by atoms with Crippen LogP contribution in [0.4, 0.5) is 34.1 Å². The fourth-order valence-electron chi connectivity index (χ4n) is 12.7. The van der Waals surface area contributed by atoms with Crippen LogP contribution in [-0.4, -0.2) is 6.71 Å². The van der Waals surface area contributed by atoms with Gasteiger partial charge in [-0.05, 0) is 134 Å². The van der Waals surface area contributed by atoms with Gasteiger partial charge in [-0.15, -0.1) is 0 Å². The molecule has 0 amide bonds. The van der Waals surface area contributed by atoms with Crippen molar-refractivity contribution in [1.29, 1.82) is 0 Å². The van der Waals surface area contributed by atoms with Crippen LogP contribution in [0.5, 0.6) is 0 Å². The van der Waals surface area contributed by atoms with Gasteiger partial charge in [-0.3, -0.25) is 0 Å². The van der Waals surface area contributed by atoms with Crippen LogP contribution in [0, 0.1) is 0 Å². The van der Waals surface area contributed by atoms with Gasteiger partial charge in [0.2, 0.25) is 0 Å². The van der Waals surface area contributed by atoms with E-state index in [1.165, 1.54) is 87.9 Å². The lowest BCUT2D eigenvalue weighted by Crippen LogP contribution is -2.61. The van der Waals surface area contributed by atoms with Gasteiger partial charge in [-0.25, -0.2) is 0 Å². The van der Waals surface area contributed by atoms with E-state index in [0.717, 1.165) is 77.5 Å². The lowest BCUT2D eigenvalue weighted by molar-refractivity contribution is 0.444. The number of hydrogen-bond donors (Lipinski definition) is 0. The van der Waals surface area contributed by atoms with Crippen molar-refractivity contribution < 1.29 is 8.83 Å². The molecule has 0 spiro atoms. The van der Waals surface area contributed by atoms with Crippen molar-refractivity contribution >= 4 is 101 Å². The molecular formula is C68H59BN2O2. The smallest absolute Gasteiger partial charge is 0.252 e. The second kappa shape index (κ2) is 16.4. The third-order valence-electron chi connectivity index (χ3n) is 16.6. The average Bonchev–Trinajstić information content (AvgIpc) is 3.99. The Hall–Kier alpha value is -7.76. The van der Waals surface area contributed by atoms with Crippen LogP contribution >= 0.6 is 0 Å². The molecule has 0 atom stereocenters. The van der Waals surface area contributed by atoms with Crippen molar-refractivity contribution in [3.63, 3.8) is 0 Å². The maximum atomic E-state index is 6.58. The van der Waals surface area contributed by atoms with Gasteiger partial charge in [0.15, 0.2) is 0 Å². The van der Waals surface area contributed by atoms with Crippen molar-refractivity contribution in [2.75, 3.05) is 9.80 Å². The molecule has 0 radical (unpaired) electrons. The molecule has 0 bridgehead atoms. The minimum Gasteiger partial charge on any atom is -0.455 e. The number of benzene rings is 9. The zero-order valence-corrected chi connectivity index (χ0v) is 42.7. The molecule has 1 saturated carbocycles. The predicted molar refractivity (Wildman–Crippen MR) is 309 cm³/mol. The first-order valence-electron chi connectivity index (χ1n) is 26.5. The van der Waals surface area contributed by atoms with E-state index in [-0.39, 0.29) is 17.5 Å². The standard InChI is InChI=1S/C68H59BN2O2/c1-67(2,3)46-30-36-56-58(40-46)70(48-32-26-43(27-33-48)50-20-14-22-54-52-18-10-12-24-62(52)72-65(50)54)60-38-45(42-16-8-7-9-17-42)39-61-64(60)69(56)57-37-31-47(68(4,5)6)41-59(57)71(61)49-34-28-44(29-35-49)51-21-15-23-55-53-19-11-13-25-63(53)73-66(51)55/h10-15,18-42H,7-9,16-17H2,1-6H3. The molecule has 2 aliphatic heterocycles. The number of para-hydroxylation sites is 4. The summed E-state index contributed by atoms with van der Waals surface area (Å²) in [6, 6.07) is 68.3. The molecule has 0 unspecified atom stereocenters. The minimum absolute atomic E-state index is 0.0286. The van der Waals surface area contributed by atoms with E-state index in [1.54, 1.807) is 0 Å². The van der Waals surface area contributed by atoms with Crippen LogP contribution in [-0.2, 0) is 10.8 Å². The Morgan fingerprint density at radius 2 is 0.863 bits per heavy atom. The monoisotopic (exact) mass is 946 g/mol. The van der Waals surface area contributed by atoms with Gasteiger partial charge in [0.1, 0.15) is 22.3 Å². The van der Waals surface area contributed by atoms with Crippen molar-refractivity contribution in [3.8, 4) is 22.3 Å². The lowest BCUT2D eigenvalue weighted by atomic mass is 9.33. The normalized spacial score (nSPS) is 14.8. The topological polar surface area (TPSA) is 32.8 Å². The summed E-state index contributed by atoms with van der Waals surface area (Å²) in [6.07, 6.45) is 6.26. The second-order valence-electron chi connectivity index (χ2n) is 23.1. The highest BCUT2D eigenvalue weighted by molar-refractivity contribution is 7.00. The van der Waals surface area contributed by atoms with E-state index in [2.05, 4.69) is 233 Å². The number of rotatable bonds is 5. The summed E-state index contributed by atoms with van der Waals surface area (Å²) in [5.41, 5.74) is 23.6. The number of furan rings is 2. The Morgan fingerprint density at radius 3 is 1.32 bits per heavy atom. The van der Waals surface area contributed by atoms with Gasteiger partial charge in [0.25, 0.3) is 6.71 Å². The summed E-state index contributed by atoms with van der Waals surface area (Å²) in [5, 5.41) is 4.59. The van der Waals surface area contributed by atoms with E-state index >= 15 is 0 Å². The zero-order valence-electron chi connectivity index (χ0n) is 42.7. The van der Waals surface area contributed by atoms with Crippen molar-refractivity contribution in [2.24, 2.45) is 0 Å². The molecule has 1 fully saturated rings. The van der Waals surface area contributed by atoms with Crippen LogP contribution in [0.1, 0.15) is 96.3 Å². The molecule has 14 rings (SSSR count).